The Bertz CT molecular complexity index is 888. The van der Waals surface area contributed by atoms with Gasteiger partial charge >= 0.3 is 157 Å². The molecule has 124 valence electrons. The summed E-state index contributed by atoms with van der Waals surface area (Å²) in [7, 11) is 1.66. The van der Waals surface area contributed by atoms with Crippen LogP contribution in [0.5, 0.6) is 0 Å². The molecule has 4 nitrogen and oxygen atoms in total. The maximum absolute atomic E-state index is 12.5. The zero-order valence-electron chi connectivity index (χ0n) is 14.0. The third-order valence-corrected chi connectivity index (χ3v) is 5.46. The monoisotopic (exact) mass is 543 g/mol. The molecule has 0 aliphatic carbocycles. The van der Waals surface area contributed by atoms with Crippen LogP contribution in [0.1, 0.15) is 22.7 Å². The maximum atomic E-state index is 12.5. The molecule has 6 heteroatoms. The van der Waals surface area contributed by atoms with Crippen LogP contribution in [-0.2, 0) is 4.79 Å². The van der Waals surface area contributed by atoms with Gasteiger partial charge in [0.15, 0.2) is 0 Å². The minimum atomic E-state index is -0.361. The van der Waals surface area contributed by atoms with Crippen molar-refractivity contribution in [3.05, 3.63) is 76.6 Å². The summed E-state index contributed by atoms with van der Waals surface area (Å²) in [6, 6.07) is 15.5. The SMILES string of the molecule is CNC(=O)C(c1ccc(Cl)cc1)c1ccc(-c2c[n]([Tl])nc2C)cc1. The number of aryl methyl sites for hydroxylation is 1. The molecule has 1 atom stereocenters. The van der Waals surface area contributed by atoms with Gasteiger partial charge in [-0.2, -0.15) is 0 Å². The normalized spacial score (nSPS) is 11.9. The summed E-state index contributed by atoms with van der Waals surface area (Å²) in [5.74, 6) is -0.403. The van der Waals surface area contributed by atoms with Gasteiger partial charge in [-0.3, -0.25) is 0 Å². The summed E-state index contributed by atoms with van der Waals surface area (Å²) in [5, 5.41) is 7.87. The first-order valence-corrected chi connectivity index (χ1v) is 10.3. The number of carbonyl (C=O) groups excluding carboxylic acids is 1. The molecule has 1 unspecified atom stereocenters. The number of hydrogen-bond acceptors (Lipinski definition) is 2. The van der Waals surface area contributed by atoms with E-state index in [1.165, 1.54) is 0 Å². The van der Waals surface area contributed by atoms with Crippen LogP contribution in [-0.4, -0.2) is 46.6 Å². The van der Waals surface area contributed by atoms with E-state index in [4.69, 9.17) is 11.6 Å². The van der Waals surface area contributed by atoms with E-state index in [0.717, 1.165) is 27.9 Å². The van der Waals surface area contributed by atoms with Crippen molar-refractivity contribution >= 4 is 43.6 Å². The van der Waals surface area contributed by atoms with E-state index < -0.39 is 0 Å². The second kappa shape index (κ2) is 7.70. The van der Waals surface area contributed by atoms with Crippen LogP contribution in [0.3, 0.4) is 0 Å². The van der Waals surface area contributed by atoms with Gasteiger partial charge in [0.2, 0.25) is 0 Å². The number of carbonyl (C=O) groups is 1. The molecule has 0 fully saturated rings. The zero-order chi connectivity index (χ0) is 18.0. The molecule has 3 rings (SSSR count). The van der Waals surface area contributed by atoms with E-state index in [1.54, 1.807) is 7.05 Å². The van der Waals surface area contributed by atoms with Gasteiger partial charge in [-0.15, -0.1) is 0 Å². The molecule has 0 saturated carbocycles. The topological polar surface area (TPSA) is 46.9 Å². The number of nitrogens with one attached hydrogen (secondary N) is 1. The Morgan fingerprint density at radius 1 is 1.12 bits per heavy atom. The summed E-state index contributed by atoms with van der Waals surface area (Å²) in [4.78, 5) is 12.5. The number of aromatic nitrogens is 2. The first kappa shape index (κ1) is 18.1. The first-order valence-electron chi connectivity index (χ1n) is 7.88. The Hall–Kier alpha value is -1.67. The standard InChI is InChI=1S/C19H18ClN3O.Tl/c1-12-17(11-22-23-12)13-3-5-14(6-4-13)18(19(24)21-2)15-7-9-16(20)10-8-15;/h3-11,18H,1-2H3,(H2,21,22,23,24);/q;+1/p-1. The van der Waals surface area contributed by atoms with E-state index in [9.17, 15) is 4.79 Å². The fourth-order valence-corrected chi connectivity index (χ4v) is 4.29. The van der Waals surface area contributed by atoms with Crippen LogP contribution >= 0.6 is 11.6 Å². The predicted molar refractivity (Wildman–Crippen MR) is 101 cm³/mol. The Morgan fingerprint density at radius 3 is 2.16 bits per heavy atom. The summed E-state index contributed by atoms with van der Waals surface area (Å²) >= 11 is 6.63. The van der Waals surface area contributed by atoms with Crippen molar-refractivity contribution in [1.29, 1.82) is 0 Å². The molecular formula is C19H17ClN3OTl. The Morgan fingerprint density at radius 2 is 1.68 bits per heavy atom. The van der Waals surface area contributed by atoms with Gasteiger partial charge in [0.25, 0.3) is 0 Å². The number of hydrogen-bond donors (Lipinski definition) is 1. The molecule has 1 N–H and O–H groups in total. The summed E-state index contributed by atoms with van der Waals surface area (Å²) in [6.07, 6.45) is 2.07. The van der Waals surface area contributed by atoms with Gasteiger partial charge in [0.05, 0.1) is 0 Å². The molecular weight excluding hydrogens is 526 g/mol. The van der Waals surface area contributed by atoms with Crippen LogP contribution in [0, 0.1) is 6.92 Å². The minimum absolute atomic E-state index is 0.0418. The van der Waals surface area contributed by atoms with Crippen LogP contribution in [0.15, 0.2) is 54.7 Å². The van der Waals surface area contributed by atoms with Crippen LogP contribution < -0.4 is 5.32 Å². The van der Waals surface area contributed by atoms with Gasteiger partial charge in [0.1, 0.15) is 0 Å². The fraction of sp³-hybridized carbons (Fsp3) is 0.158. The molecule has 2 aromatic carbocycles. The number of amides is 1. The van der Waals surface area contributed by atoms with Gasteiger partial charge in [-0.1, -0.05) is 11.6 Å². The van der Waals surface area contributed by atoms with Crippen molar-refractivity contribution in [1.82, 2.24) is 12.9 Å². The van der Waals surface area contributed by atoms with Crippen molar-refractivity contribution in [3.8, 4) is 11.1 Å². The molecule has 1 heterocycles. The van der Waals surface area contributed by atoms with Crippen molar-refractivity contribution < 1.29 is 4.79 Å². The summed E-state index contributed by atoms with van der Waals surface area (Å²) in [5.41, 5.74) is 5.14. The zero-order valence-corrected chi connectivity index (χ0v) is 19.3. The Balaban J connectivity index is 1.98. The Labute approximate surface area is 168 Å². The molecule has 1 amide bonds. The van der Waals surface area contributed by atoms with E-state index in [0.29, 0.717) is 31.1 Å². The van der Waals surface area contributed by atoms with Crippen LogP contribution in [0.25, 0.3) is 11.1 Å². The summed E-state index contributed by atoms with van der Waals surface area (Å²) < 4.78 is 1.97. The van der Waals surface area contributed by atoms with Crippen molar-refractivity contribution in [2.24, 2.45) is 0 Å². The van der Waals surface area contributed by atoms with E-state index in [2.05, 4.69) is 28.7 Å². The average Bonchev–Trinajstić information content (AvgIpc) is 2.95. The summed E-state index contributed by atoms with van der Waals surface area (Å²) in [6.45, 7) is 2.02. The molecule has 1 aromatic heterocycles. The second-order valence-corrected chi connectivity index (χ2v) is 8.32. The number of benzene rings is 2. The molecule has 0 bridgehead atoms. The van der Waals surface area contributed by atoms with Gasteiger partial charge in [-0.25, -0.2) is 0 Å². The van der Waals surface area contributed by atoms with E-state index in [1.807, 2.05) is 45.8 Å². The van der Waals surface area contributed by atoms with Crippen LogP contribution in [0.2, 0.25) is 5.02 Å². The van der Waals surface area contributed by atoms with Crippen molar-refractivity contribution in [2.45, 2.75) is 12.8 Å². The quantitative estimate of drug-likeness (QED) is 0.514. The number of likely N-dealkylation sites (N-methyl/N-ethyl adjacent to an activating group) is 1. The number of halogens is 1. The van der Waals surface area contributed by atoms with Gasteiger partial charge in [0, 0.05) is 0 Å². The number of nitrogens with zero attached hydrogens (tertiary/aromatic N) is 2. The third kappa shape index (κ3) is 3.95. The van der Waals surface area contributed by atoms with Crippen molar-refractivity contribution in [2.75, 3.05) is 7.05 Å². The van der Waals surface area contributed by atoms with E-state index >= 15 is 0 Å². The van der Waals surface area contributed by atoms with Crippen LogP contribution in [0.4, 0.5) is 0 Å². The average molecular weight is 543 g/mol. The molecule has 0 spiro atoms. The molecule has 25 heavy (non-hydrogen) atoms. The molecule has 0 aliphatic heterocycles. The Kier molecular flexibility index (Phi) is 5.58. The molecule has 0 aliphatic rings. The number of rotatable bonds is 4. The van der Waals surface area contributed by atoms with E-state index in [-0.39, 0.29) is 11.8 Å². The van der Waals surface area contributed by atoms with Crippen molar-refractivity contribution in [3.63, 3.8) is 0 Å². The first-order chi connectivity index (χ1) is 12.0. The molecule has 3 aromatic rings. The second-order valence-electron chi connectivity index (χ2n) is 5.83. The fourth-order valence-electron chi connectivity index (χ4n) is 2.91. The third-order valence-electron chi connectivity index (χ3n) is 4.18. The van der Waals surface area contributed by atoms with Gasteiger partial charge < -0.3 is 0 Å². The van der Waals surface area contributed by atoms with Gasteiger partial charge in [-0.05, 0) is 0 Å². The molecule has 0 saturated heterocycles. The predicted octanol–water partition coefficient (Wildman–Crippen LogP) is 3.32. The molecule has 0 radical (unpaired) electrons.